The Morgan fingerprint density at radius 2 is 2.17 bits per heavy atom. The maximum Gasteiger partial charge on any atom is 0.326 e. The summed E-state index contributed by atoms with van der Waals surface area (Å²) >= 11 is 0. The van der Waals surface area contributed by atoms with E-state index in [2.05, 4.69) is 10.3 Å². The fraction of sp³-hybridized carbons (Fsp3) is 0.462. The van der Waals surface area contributed by atoms with Crippen LogP contribution in [-0.2, 0) is 4.79 Å². The number of rotatable bonds is 5. The Bertz CT molecular complexity index is 446. The first-order valence-corrected chi connectivity index (χ1v) is 5.92. The molecule has 0 radical (unpaired) electrons. The maximum absolute atomic E-state index is 11.9. The number of aromatic nitrogens is 1. The van der Waals surface area contributed by atoms with Gasteiger partial charge in [-0.05, 0) is 25.0 Å². The van der Waals surface area contributed by atoms with Crippen molar-refractivity contribution in [3.63, 3.8) is 0 Å². The number of carbonyl (C=O) groups excluding carboxylic acids is 1. The molecule has 0 saturated heterocycles. The van der Waals surface area contributed by atoms with Crippen molar-refractivity contribution in [2.24, 2.45) is 5.92 Å². The van der Waals surface area contributed by atoms with Crippen molar-refractivity contribution in [2.45, 2.75) is 33.2 Å². The number of nitrogens with one attached hydrogen (secondary N) is 1. The SMILES string of the molecule is CC[C@H](C)[C@H](NC(=O)c1ccnc(C)c1)C(=O)O. The van der Waals surface area contributed by atoms with Crippen LogP contribution in [-0.4, -0.2) is 28.0 Å². The third kappa shape index (κ3) is 3.55. The summed E-state index contributed by atoms with van der Waals surface area (Å²) in [5, 5.41) is 11.6. The lowest BCUT2D eigenvalue weighted by Gasteiger charge is -2.20. The van der Waals surface area contributed by atoms with Crippen LogP contribution in [0.4, 0.5) is 0 Å². The van der Waals surface area contributed by atoms with Gasteiger partial charge in [0, 0.05) is 17.5 Å². The number of carboxylic acid groups (broad SMARTS) is 1. The minimum absolute atomic E-state index is 0.116. The normalized spacial score (nSPS) is 13.7. The van der Waals surface area contributed by atoms with E-state index in [0.29, 0.717) is 12.0 Å². The predicted molar refractivity (Wildman–Crippen MR) is 67.3 cm³/mol. The summed E-state index contributed by atoms with van der Waals surface area (Å²) < 4.78 is 0. The van der Waals surface area contributed by atoms with Crippen LogP contribution < -0.4 is 5.32 Å². The molecule has 98 valence electrons. The number of carboxylic acids is 1. The van der Waals surface area contributed by atoms with Crippen molar-refractivity contribution in [1.29, 1.82) is 0 Å². The number of carbonyl (C=O) groups is 2. The molecule has 0 aromatic carbocycles. The van der Waals surface area contributed by atoms with Gasteiger partial charge < -0.3 is 10.4 Å². The highest BCUT2D eigenvalue weighted by Gasteiger charge is 2.25. The Balaban J connectivity index is 2.82. The Labute approximate surface area is 106 Å². The first kappa shape index (κ1) is 14.2. The second-order valence-electron chi connectivity index (χ2n) is 4.36. The molecule has 0 spiro atoms. The third-order valence-electron chi connectivity index (χ3n) is 2.92. The minimum atomic E-state index is -1.01. The molecule has 1 aromatic rings. The van der Waals surface area contributed by atoms with E-state index in [1.165, 1.54) is 6.20 Å². The van der Waals surface area contributed by atoms with Gasteiger partial charge in [0.05, 0.1) is 0 Å². The second-order valence-corrected chi connectivity index (χ2v) is 4.36. The van der Waals surface area contributed by atoms with Crippen molar-refractivity contribution < 1.29 is 14.7 Å². The molecule has 2 atom stereocenters. The zero-order valence-electron chi connectivity index (χ0n) is 10.8. The van der Waals surface area contributed by atoms with Crippen LogP contribution in [0.2, 0.25) is 0 Å². The van der Waals surface area contributed by atoms with Crippen LogP contribution in [0.1, 0.15) is 36.3 Å². The molecule has 1 heterocycles. The largest absolute Gasteiger partial charge is 0.480 e. The molecule has 0 aliphatic heterocycles. The Morgan fingerprint density at radius 3 is 2.67 bits per heavy atom. The average Bonchev–Trinajstić information content (AvgIpc) is 2.34. The van der Waals surface area contributed by atoms with Gasteiger partial charge >= 0.3 is 5.97 Å². The van der Waals surface area contributed by atoms with Gasteiger partial charge in [0.15, 0.2) is 0 Å². The van der Waals surface area contributed by atoms with Crippen molar-refractivity contribution in [1.82, 2.24) is 10.3 Å². The van der Waals surface area contributed by atoms with Crippen molar-refractivity contribution >= 4 is 11.9 Å². The summed E-state index contributed by atoms with van der Waals surface area (Å²) in [7, 11) is 0. The molecule has 0 saturated carbocycles. The molecule has 18 heavy (non-hydrogen) atoms. The van der Waals surface area contributed by atoms with E-state index in [4.69, 9.17) is 5.11 Å². The highest BCUT2D eigenvalue weighted by atomic mass is 16.4. The summed E-state index contributed by atoms with van der Waals surface area (Å²) in [5.41, 5.74) is 1.15. The van der Waals surface area contributed by atoms with E-state index >= 15 is 0 Å². The summed E-state index contributed by atoms with van der Waals surface area (Å²) in [6.07, 6.45) is 2.22. The lowest BCUT2D eigenvalue weighted by molar-refractivity contribution is -0.140. The quantitative estimate of drug-likeness (QED) is 0.832. The fourth-order valence-corrected chi connectivity index (χ4v) is 1.59. The predicted octanol–water partition coefficient (Wildman–Crippen LogP) is 1.62. The van der Waals surface area contributed by atoms with E-state index in [-0.39, 0.29) is 11.8 Å². The van der Waals surface area contributed by atoms with Crippen LogP contribution in [0.5, 0.6) is 0 Å². The summed E-state index contributed by atoms with van der Waals surface area (Å²) in [5.74, 6) is -1.51. The van der Waals surface area contributed by atoms with Crippen molar-refractivity contribution in [3.05, 3.63) is 29.6 Å². The lowest BCUT2D eigenvalue weighted by Crippen LogP contribution is -2.45. The fourth-order valence-electron chi connectivity index (χ4n) is 1.59. The Kier molecular flexibility index (Phi) is 4.83. The molecule has 1 amide bonds. The maximum atomic E-state index is 11.9. The van der Waals surface area contributed by atoms with Gasteiger partial charge in [-0.2, -0.15) is 0 Å². The van der Waals surface area contributed by atoms with Gasteiger partial charge in [0.2, 0.25) is 0 Å². The van der Waals surface area contributed by atoms with Gasteiger partial charge in [0.1, 0.15) is 6.04 Å². The second kappa shape index (κ2) is 6.14. The third-order valence-corrected chi connectivity index (χ3v) is 2.92. The number of hydrogen-bond acceptors (Lipinski definition) is 3. The lowest BCUT2D eigenvalue weighted by atomic mass is 9.99. The minimum Gasteiger partial charge on any atom is -0.480 e. The van der Waals surface area contributed by atoms with Gasteiger partial charge in [-0.3, -0.25) is 9.78 Å². The average molecular weight is 250 g/mol. The molecule has 0 bridgehead atoms. The Morgan fingerprint density at radius 1 is 1.50 bits per heavy atom. The van der Waals surface area contributed by atoms with Crippen molar-refractivity contribution in [2.75, 3.05) is 0 Å². The molecule has 5 nitrogen and oxygen atoms in total. The molecule has 0 aliphatic rings. The van der Waals surface area contributed by atoms with E-state index in [1.54, 1.807) is 26.0 Å². The van der Waals surface area contributed by atoms with Crippen LogP contribution in [0.15, 0.2) is 18.3 Å². The zero-order valence-corrected chi connectivity index (χ0v) is 10.8. The van der Waals surface area contributed by atoms with Gasteiger partial charge in [-0.1, -0.05) is 20.3 Å². The van der Waals surface area contributed by atoms with Crippen LogP contribution >= 0.6 is 0 Å². The van der Waals surface area contributed by atoms with E-state index in [0.717, 1.165) is 5.69 Å². The molecule has 1 aromatic heterocycles. The number of aryl methyl sites for hydroxylation is 1. The van der Waals surface area contributed by atoms with E-state index in [9.17, 15) is 9.59 Å². The van der Waals surface area contributed by atoms with Crippen LogP contribution in [0.3, 0.4) is 0 Å². The van der Waals surface area contributed by atoms with Crippen molar-refractivity contribution in [3.8, 4) is 0 Å². The number of aliphatic carboxylic acids is 1. The first-order valence-electron chi connectivity index (χ1n) is 5.92. The summed E-state index contributed by atoms with van der Waals surface area (Å²) in [6, 6.07) is 2.33. The summed E-state index contributed by atoms with van der Waals surface area (Å²) in [4.78, 5) is 27.0. The molecule has 5 heteroatoms. The van der Waals surface area contributed by atoms with Gasteiger partial charge in [-0.25, -0.2) is 4.79 Å². The molecule has 0 aliphatic carbocycles. The smallest absolute Gasteiger partial charge is 0.326 e. The van der Waals surface area contributed by atoms with Gasteiger partial charge in [-0.15, -0.1) is 0 Å². The van der Waals surface area contributed by atoms with E-state index < -0.39 is 12.0 Å². The summed E-state index contributed by atoms with van der Waals surface area (Å²) in [6.45, 7) is 5.47. The van der Waals surface area contributed by atoms with Crippen LogP contribution in [0.25, 0.3) is 0 Å². The number of amides is 1. The standard InChI is InChI=1S/C13H18N2O3/c1-4-8(2)11(13(17)18)15-12(16)10-5-6-14-9(3)7-10/h5-8,11H,4H2,1-3H3,(H,15,16)(H,17,18)/t8-,11-/m0/s1. The highest BCUT2D eigenvalue weighted by Crippen LogP contribution is 2.09. The molecule has 0 unspecified atom stereocenters. The molecular weight excluding hydrogens is 232 g/mol. The molecule has 0 fully saturated rings. The number of pyridine rings is 1. The van der Waals surface area contributed by atoms with Crippen LogP contribution in [0, 0.1) is 12.8 Å². The topological polar surface area (TPSA) is 79.3 Å². The molecule has 1 rings (SSSR count). The zero-order chi connectivity index (χ0) is 13.7. The number of nitrogens with zero attached hydrogens (tertiary/aromatic N) is 1. The Hall–Kier alpha value is -1.91. The monoisotopic (exact) mass is 250 g/mol. The van der Waals surface area contributed by atoms with Gasteiger partial charge in [0.25, 0.3) is 5.91 Å². The molecular formula is C13H18N2O3. The highest BCUT2D eigenvalue weighted by molar-refractivity contribution is 5.96. The number of hydrogen-bond donors (Lipinski definition) is 2. The first-order chi connectivity index (χ1) is 8.45. The molecule has 2 N–H and O–H groups in total. The van der Waals surface area contributed by atoms with E-state index in [1.807, 2.05) is 6.92 Å².